The van der Waals surface area contributed by atoms with Crippen LogP contribution in [0.4, 0.5) is 0 Å². The Labute approximate surface area is 175 Å². The van der Waals surface area contributed by atoms with E-state index in [4.69, 9.17) is 9.15 Å². The van der Waals surface area contributed by atoms with Crippen LogP contribution in [0.2, 0.25) is 0 Å². The second kappa shape index (κ2) is 8.98. The van der Waals surface area contributed by atoms with E-state index in [1.807, 2.05) is 73.7 Å². The normalized spacial score (nSPS) is 10.7. The highest BCUT2D eigenvalue weighted by molar-refractivity contribution is 5.78. The van der Waals surface area contributed by atoms with E-state index in [9.17, 15) is 4.79 Å². The van der Waals surface area contributed by atoms with Crippen LogP contribution in [-0.4, -0.2) is 6.61 Å². The van der Waals surface area contributed by atoms with E-state index >= 15 is 0 Å². The first-order chi connectivity index (χ1) is 14.7. The Morgan fingerprint density at radius 3 is 2.57 bits per heavy atom. The van der Waals surface area contributed by atoms with Gasteiger partial charge in [-0.15, -0.1) is 0 Å². The predicted octanol–water partition coefficient (Wildman–Crippen LogP) is 5.70. The maximum atomic E-state index is 12.3. The number of rotatable bonds is 4. The lowest BCUT2D eigenvalue weighted by Gasteiger charge is -2.06. The molecule has 0 aliphatic rings. The minimum absolute atomic E-state index is 0.0626. The molecule has 0 unspecified atom stereocenters. The van der Waals surface area contributed by atoms with Gasteiger partial charge in [-0.25, -0.2) is 0 Å². The van der Waals surface area contributed by atoms with Gasteiger partial charge in [0.05, 0.1) is 5.39 Å². The number of ether oxygens (including phenoxy) is 1. The Morgan fingerprint density at radius 1 is 0.933 bits per heavy atom. The van der Waals surface area contributed by atoms with Gasteiger partial charge in [0.25, 0.3) is 0 Å². The van der Waals surface area contributed by atoms with Crippen molar-refractivity contribution in [1.82, 2.24) is 0 Å². The molecule has 3 nitrogen and oxygen atoms in total. The van der Waals surface area contributed by atoms with Gasteiger partial charge in [-0.1, -0.05) is 59.9 Å². The third-order valence-electron chi connectivity index (χ3n) is 4.58. The van der Waals surface area contributed by atoms with Gasteiger partial charge in [0.15, 0.2) is 5.43 Å². The number of aryl methyl sites for hydroxylation is 1. The van der Waals surface area contributed by atoms with Crippen LogP contribution in [0.3, 0.4) is 0 Å². The van der Waals surface area contributed by atoms with Gasteiger partial charge in [0, 0.05) is 17.2 Å². The van der Waals surface area contributed by atoms with Gasteiger partial charge in [0.2, 0.25) is 0 Å². The maximum Gasteiger partial charge on any atom is 0.193 e. The molecule has 0 fully saturated rings. The molecule has 4 aromatic rings. The van der Waals surface area contributed by atoms with Crippen molar-refractivity contribution in [3.8, 4) is 17.6 Å². The standard InChI is InChI=1S/C27H20O3/c1-20-12-14-21(15-13-20)7-6-18-29-26-10-4-2-8-22(26)16-17-23-19-25(28)24-9-3-5-11-27(24)30-23/h2-5,8-17,19H,18H2,1H3/b17-16+. The molecule has 1 heterocycles. The zero-order chi connectivity index (χ0) is 20.8. The van der Waals surface area contributed by atoms with Crippen molar-refractivity contribution in [3.05, 3.63) is 112 Å². The first-order valence-electron chi connectivity index (χ1n) is 9.67. The van der Waals surface area contributed by atoms with E-state index < -0.39 is 0 Å². The molecule has 0 N–H and O–H groups in total. The molecule has 0 aliphatic carbocycles. The van der Waals surface area contributed by atoms with Gasteiger partial charge < -0.3 is 9.15 Å². The Hall–Kier alpha value is -4.03. The van der Waals surface area contributed by atoms with Crippen LogP contribution in [-0.2, 0) is 0 Å². The molecule has 0 saturated carbocycles. The highest BCUT2D eigenvalue weighted by Crippen LogP contribution is 2.21. The largest absolute Gasteiger partial charge is 0.480 e. The average Bonchev–Trinajstić information content (AvgIpc) is 2.77. The maximum absolute atomic E-state index is 12.3. The summed E-state index contributed by atoms with van der Waals surface area (Å²) in [5.41, 5.74) is 3.56. The summed E-state index contributed by atoms with van der Waals surface area (Å²) in [6, 6.07) is 24.5. The van der Waals surface area contributed by atoms with Crippen molar-refractivity contribution >= 4 is 23.1 Å². The Balaban J connectivity index is 1.50. The smallest absolute Gasteiger partial charge is 0.193 e. The molecule has 4 rings (SSSR count). The quantitative estimate of drug-likeness (QED) is 0.418. The number of benzene rings is 3. The third kappa shape index (κ3) is 4.68. The van der Waals surface area contributed by atoms with Crippen molar-refractivity contribution in [2.24, 2.45) is 0 Å². The molecule has 0 saturated heterocycles. The topological polar surface area (TPSA) is 39.4 Å². The summed E-state index contributed by atoms with van der Waals surface area (Å²) >= 11 is 0. The molecule has 0 bridgehead atoms. The molecule has 1 aromatic heterocycles. The van der Waals surface area contributed by atoms with E-state index in [-0.39, 0.29) is 12.0 Å². The first kappa shape index (κ1) is 19.3. The third-order valence-corrected chi connectivity index (χ3v) is 4.58. The van der Waals surface area contributed by atoms with Gasteiger partial charge in [-0.05, 0) is 49.4 Å². The SMILES string of the molecule is Cc1ccc(C#CCOc2ccccc2/C=C/c2cc(=O)c3ccccc3o2)cc1. The van der Waals surface area contributed by atoms with Crippen LogP contribution in [0.25, 0.3) is 23.1 Å². The molecule has 30 heavy (non-hydrogen) atoms. The van der Waals surface area contributed by atoms with Crippen molar-refractivity contribution in [2.45, 2.75) is 6.92 Å². The molecule has 146 valence electrons. The predicted molar refractivity (Wildman–Crippen MR) is 121 cm³/mol. The summed E-state index contributed by atoms with van der Waals surface area (Å²) < 4.78 is 11.7. The Bertz CT molecular complexity index is 1320. The zero-order valence-electron chi connectivity index (χ0n) is 16.6. The van der Waals surface area contributed by atoms with Gasteiger partial charge in [0.1, 0.15) is 23.7 Å². The molecule has 3 aromatic carbocycles. The lowest BCUT2D eigenvalue weighted by atomic mass is 10.1. The van der Waals surface area contributed by atoms with Gasteiger partial charge in [-0.3, -0.25) is 4.79 Å². The summed E-state index contributed by atoms with van der Waals surface area (Å²) in [6.45, 7) is 2.33. The van der Waals surface area contributed by atoms with Crippen LogP contribution in [0.1, 0.15) is 22.5 Å². The summed E-state index contributed by atoms with van der Waals surface area (Å²) in [5.74, 6) is 7.35. The monoisotopic (exact) mass is 392 g/mol. The lowest BCUT2D eigenvalue weighted by Crippen LogP contribution is -1.99. The molecule has 0 atom stereocenters. The van der Waals surface area contributed by atoms with Crippen LogP contribution in [0.15, 0.2) is 88.1 Å². The van der Waals surface area contributed by atoms with Crippen molar-refractivity contribution in [3.63, 3.8) is 0 Å². The van der Waals surface area contributed by atoms with E-state index in [1.54, 1.807) is 18.2 Å². The van der Waals surface area contributed by atoms with Gasteiger partial charge >= 0.3 is 0 Å². The molecular formula is C27H20O3. The molecule has 0 spiro atoms. The number of hydrogen-bond donors (Lipinski definition) is 0. The number of fused-ring (bicyclic) bond motifs is 1. The molecule has 0 aliphatic heterocycles. The lowest BCUT2D eigenvalue weighted by molar-refractivity contribution is 0.369. The summed E-state index contributed by atoms with van der Waals surface area (Å²) in [7, 11) is 0. The van der Waals surface area contributed by atoms with Crippen molar-refractivity contribution in [2.75, 3.05) is 6.61 Å². The minimum Gasteiger partial charge on any atom is -0.480 e. The molecular weight excluding hydrogens is 372 g/mol. The summed E-state index contributed by atoms with van der Waals surface area (Å²) in [5, 5.41) is 0.575. The Morgan fingerprint density at radius 2 is 1.70 bits per heavy atom. The highest BCUT2D eigenvalue weighted by atomic mass is 16.5. The van der Waals surface area contributed by atoms with Crippen LogP contribution >= 0.6 is 0 Å². The van der Waals surface area contributed by atoms with Crippen molar-refractivity contribution < 1.29 is 9.15 Å². The fourth-order valence-electron chi connectivity index (χ4n) is 3.02. The fourth-order valence-corrected chi connectivity index (χ4v) is 3.02. The van der Waals surface area contributed by atoms with Crippen LogP contribution in [0, 0.1) is 18.8 Å². The van der Waals surface area contributed by atoms with Crippen LogP contribution < -0.4 is 10.2 Å². The fraction of sp³-hybridized carbons (Fsp3) is 0.0741. The van der Waals surface area contributed by atoms with E-state index in [1.165, 1.54) is 11.6 Å². The molecule has 0 amide bonds. The van der Waals surface area contributed by atoms with E-state index in [2.05, 4.69) is 11.8 Å². The highest BCUT2D eigenvalue weighted by Gasteiger charge is 2.03. The molecule has 0 radical (unpaired) electrons. The zero-order valence-corrected chi connectivity index (χ0v) is 16.6. The first-order valence-corrected chi connectivity index (χ1v) is 9.67. The van der Waals surface area contributed by atoms with Crippen LogP contribution in [0.5, 0.6) is 5.75 Å². The van der Waals surface area contributed by atoms with Crippen molar-refractivity contribution in [1.29, 1.82) is 0 Å². The van der Waals surface area contributed by atoms with E-state index in [0.717, 1.165) is 16.9 Å². The molecule has 3 heteroatoms. The Kier molecular flexibility index (Phi) is 5.78. The number of para-hydroxylation sites is 2. The second-order valence-corrected chi connectivity index (χ2v) is 6.84. The second-order valence-electron chi connectivity index (χ2n) is 6.84. The van der Waals surface area contributed by atoms with E-state index in [0.29, 0.717) is 16.7 Å². The average molecular weight is 392 g/mol. The number of hydrogen-bond acceptors (Lipinski definition) is 3. The minimum atomic E-state index is -0.0626. The van der Waals surface area contributed by atoms with Gasteiger partial charge in [-0.2, -0.15) is 0 Å². The summed E-state index contributed by atoms with van der Waals surface area (Å²) in [4.78, 5) is 12.3. The summed E-state index contributed by atoms with van der Waals surface area (Å²) in [6.07, 6.45) is 3.64.